The van der Waals surface area contributed by atoms with Gasteiger partial charge in [-0.3, -0.25) is 10.1 Å². The fourth-order valence-corrected chi connectivity index (χ4v) is 3.77. The number of aromatic nitrogens is 4. The minimum atomic E-state index is 0.759. The number of aryl methyl sites for hydroxylation is 1. The molecule has 27 heavy (non-hydrogen) atoms. The fraction of sp³-hybridized carbons (Fsp3) is 0.286. The van der Waals surface area contributed by atoms with E-state index in [-0.39, 0.29) is 0 Å². The van der Waals surface area contributed by atoms with Gasteiger partial charge in [-0.1, -0.05) is 18.2 Å². The van der Waals surface area contributed by atoms with Gasteiger partial charge in [0.2, 0.25) is 0 Å². The number of nitrogens with zero attached hydrogens (tertiary/aromatic N) is 4. The second kappa shape index (κ2) is 6.63. The van der Waals surface area contributed by atoms with Crippen LogP contribution in [0.1, 0.15) is 17.0 Å². The van der Waals surface area contributed by atoms with Gasteiger partial charge in [-0.2, -0.15) is 5.10 Å². The van der Waals surface area contributed by atoms with Gasteiger partial charge in [-0.05, 0) is 36.1 Å². The van der Waals surface area contributed by atoms with Crippen LogP contribution in [0.4, 0.5) is 5.82 Å². The lowest BCUT2D eigenvalue weighted by Gasteiger charge is -2.29. The van der Waals surface area contributed by atoms with Crippen LogP contribution in [0.2, 0.25) is 0 Å². The Hall–Kier alpha value is -2.99. The molecule has 4 aromatic rings. The van der Waals surface area contributed by atoms with Crippen LogP contribution in [0.25, 0.3) is 21.8 Å². The number of aromatic amines is 1. The second-order valence-corrected chi connectivity index (χ2v) is 6.99. The third-order valence-corrected chi connectivity index (χ3v) is 5.08. The van der Waals surface area contributed by atoms with Gasteiger partial charge in [0.05, 0.1) is 18.9 Å². The number of ether oxygens (including phenoxy) is 1. The summed E-state index contributed by atoms with van der Waals surface area (Å²) in [5, 5.41) is 9.90. The van der Waals surface area contributed by atoms with E-state index in [9.17, 15) is 0 Å². The van der Waals surface area contributed by atoms with Crippen LogP contribution in [0, 0.1) is 6.92 Å². The van der Waals surface area contributed by atoms with Crippen molar-refractivity contribution in [2.45, 2.75) is 13.3 Å². The molecule has 6 heteroatoms. The molecule has 1 saturated heterocycles. The summed E-state index contributed by atoms with van der Waals surface area (Å²) in [6.45, 7) is 5.35. The van der Waals surface area contributed by atoms with Crippen molar-refractivity contribution >= 4 is 27.6 Å². The summed E-state index contributed by atoms with van der Waals surface area (Å²) >= 11 is 0. The highest BCUT2D eigenvalue weighted by Crippen LogP contribution is 2.28. The van der Waals surface area contributed by atoms with Gasteiger partial charge >= 0.3 is 0 Å². The van der Waals surface area contributed by atoms with Crippen molar-refractivity contribution in [3.05, 3.63) is 59.5 Å². The summed E-state index contributed by atoms with van der Waals surface area (Å²) in [6, 6.07) is 12.7. The van der Waals surface area contributed by atoms with Crippen molar-refractivity contribution in [3.63, 3.8) is 0 Å². The van der Waals surface area contributed by atoms with Gasteiger partial charge in [0.1, 0.15) is 16.9 Å². The maximum absolute atomic E-state index is 5.49. The molecule has 6 nitrogen and oxygen atoms in total. The van der Waals surface area contributed by atoms with Crippen LogP contribution in [-0.4, -0.2) is 46.5 Å². The lowest BCUT2D eigenvalue weighted by molar-refractivity contribution is 0.122. The van der Waals surface area contributed by atoms with Gasteiger partial charge < -0.3 is 9.64 Å². The normalized spacial score (nSPS) is 14.9. The van der Waals surface area contributed by atoms with Crippen LogP contribution in [0.3, 0.4) is 0 Å². The summed E-state index contributed by atoms with van der Waals surface area (Å²) in [7, 11) is 0. The van der Waals surface area contributed by atoms with Crippen molar-refractivity contribution < 1.29 is 4.74 Å². The van der Waals surface area contributed by atoms with E-state index in [1.807, 2.05) is 18.3 Å². The van der Waals surface area contributed by atoms with Gasteiger partial charge in [-0.25, -0.2) is 4.98 Å². The Morgan fingerprint density at radius 2 is 2.04 bits per heavy atom. The first kappa shape index (κ1) is 16.2. The molecule has 1 N–H and O–H groups in total. The molecule has 0 radical (unpaired) electrons. The quantitative estimate of drug-likeness (QED) is 0.608. The molecule has 5 rings (SSSR count). The summed E-state index contributed by atoms with van der Waals surface area (Å²) in [5.74, 6) is 1.06. The topological polar surface area (TPSA) is 66.9 Å². The van der Waals surface area contributed by atoms with Crippen molar-refractivity contribution in [2.75, 3.05) is 31.2 Å². The minimum absolute atomic E-state index is 0.759. The van der Waals surface area contributed by atoms with E-state index in [1.54, 1.807) is 0 Å². The van der Waals surface area contributed by atoms with Crippen LogP contribution in [0.15, 0.2) is 42.6 Å². The van der Waals surface area contributed by atoms with E-state index in [1.165, 1.54) is 16.3 Å². The number of benzene rings is 1. The maximum Gasteiger partial charge on any atom is 0.136 e. The van der Waals surface area contributed by atoms with Crippen LogP contribution in [-0.2, 0) is 11.2 Å². The molecular weight excluding hydrogens is 338 g/mol. The zero-order chi connectivity index (χ0) is 18.2. The molecule has 0 saturated carbocycles. The van der Waals surface area contributed by atoms with E-state index in [0.717, 1.165) is 61.0 Å². The Kier molecular flexibility index (Phi) is 3.98. The van der Waals surface area contributed by atoms with Crippen LogP contribution in [0.5, 0.6) is 0 Å². The Bertz CT molecular complexity index is 1110. The summed E-state index contributed by atoms with van der Waals surface area (Å²) in [6.07, 6.45) is 2.59. The number of rotatable bonds is 3. The van der Waals surface area contributed by atoms with E-state index in [0.29, 0.717) is 0 Å². The highest BCUT2D eigenvalue weighted by Gasteiger charge is 2.16. The molecule has 1 fully saturated rings. The second-order valence-electron chi connectivity index (χ2n) is 6.99. The van der Waals surface area contributed by atoms with Gasteiger partial charge in [0, 0.05) is 36.8 Å². The summed E-state index contributed by atoms with van der Waals surface area (Å²) in [5.41, 5.74) is 5.16. The molecule has 0 unspecified atom stereocenters. The van der Waals surface area contributed by atoms with Crippen molar-refractivity contribution in [1.82, 2.24) is 20.2 Å². The zero-order valence-electron chi connectivity index (χ0n) is 15.3. The molecule has 0 atom stereocenters. The Balaban J connectivity index is 1.53. The Labute approximate surface area is 157 Å². The molecule has 1 aromatic carbocycles. The average molecular weight is 359 g/mol. The SMILES string of the molecule is Cc1cc2cc(Cc3[nH]nc4cccnc34)ccc2c(N2CCOCC2)n1. The van der Waals surface area contributed by atoms with E-state index in [4.69, 9.17) is 9.72 Å². The first-order valence-corrected chi connectivity index (χ1v) is 9.29. The number of hydrogen-bond acceptors (Lipinski definition) is 5. The predicted octanol–water partition coefficient (Wildman–Crippen LogP) is 3.24. The van der Waals surface area contributed by atoms with Gasteiger partial charge in [0.15, 0.2) is 0 Å². The predicted molar refractivity (Wildman–Crippen MR) is 106 cm³/mol. The molecule has 0 spiro atoms. The molecule has 4 heterocycles. The molecular formula is C21H21N5O. The number of morpholine rings is 1. The smallest absolute Gasteiger partial charge is 0.136 e. The molecule has 0 aliphatic carbocycles. The third kappa shape index (κ3) is 3.02. The first-order chi connectivity index (χ1) is 13.3. The molecule has 1 aliphatic heterocycles. The lowest BCUT2D eigenvalue weighted by Crippen LogP contribution is -2.37. The number of hydrogen-bond donors (Lipinski definition) is 1. The van der Waals surface area contributed by atoms with Gasteiger partial charge in [0.25, 0.3) is 0 Å². The maximum atomic E-state index is 5.49. The van der Waals surface area contributed by atoms with Gasteiger partial charge in [-0.15, -0.1) is 0 Å². The Morgan fingerprint density at radius 1 is 1.15 bits per heavy atom. The zero-order valence-corrected chi connectivity index (χ0v) is 15.3. The van der Waals surface area contributed by atoms with E-state index < -0.39 is 0 Å². The molecule has 0 amide bonds. The molecule has 136 valence electrons. The average Bonchev–Trinajstić information content (AvgIpc) is 3.11. The standard InChI is InChI=1S/C21H21N5O/c1-14-11-16-12-15(13-19-20-18(24-25-19)3-2-6-22-20)4-5-17(16)21(23-14)26-7-9-27-10-8-26/h2-6,11-12H,7-10,13H2,1H3,(H,24,25). The highest BCUT2D eigenvalue weighted by atomic mass is 16.5. The fourth-order valence-electron chi connectivity index (χ4n) is 3.77. The number of pyridine rings is 2. The van der Waals surface area contributed by atoms with Crippen LogP contribution < -0.4 is 4.90 Å². The lowest BCUT2D eigenvalue weighted by atomic mass is 10.0. The number of nitrogens with one attached hydrogen (secondary N) is 1. The summed E-state index contributed by atoms with van der Waals surface area (Å²) < 4.78 is 5.49. The number of H-pyrrole nitrogens is 1. The monoisotopic (exact) mass is 359 g/mol. The van der Waals surface area contributed by atoms with E-state index in [2.05, 4.69) is 51.3 Å². The first-order valence-electron chi connectivity index (χ1n) is 9.29. The molecule has 0 bridgehead atoms. The van der Waals surface area contributed by atoms with E-state index >= 15 is 0 Å². The van der Waals surface area contributed by atoms with Crippen molar-refractivity contribution in [3.8, 4) is 0 Å². The third-order valence-electron chi connectivity index (χ3n) is 5.08. The number of anilines is 1. The van der Waals surface area contributed by atoms with Crippen molar-refractivity contribution in [1.29, 1.82) is 0 Å². The highest BCUT2D eigenvalue weighted by molar-refractivity contribution is 5.93. The molecule has 1 aliphatic rings. The largest absolute Gasteiger partial charge is 0.378 e. The Morgan fingerprint density at radius 3 is 2.93 bits per heavy atom. The van der Waals surface area contributed by atoms with Crippen molar-refractivity contribution in [2.24, 2.45) is 0 Å². The minimum Gasteiger partial charge on any atom is -0.378 e. The summed E-state index contributed by atoms with van der Waals surface area (Å²) in [4.78, 5) is 11.6. The van der Waals surface area contributed by atoms with Crippen LogP contribution >= 0.6 is 0 Å². The number of fused-ring (bicyclic) bond motifs is 2. The molecule has 3 aromatic heterocycles.